The Kier molecular flexibility index (Phi) is 5.22. The normalized spacial score (nSPS) is 21.1. The van der Waals surface area contributed by atoms with Gasteiger partial charge in [0, 0.05) is 11.7 Å². The molecule has 1 aliphatic carbocycles. The molecule has 0 aromatic heterocycles. The van der Waals surface area contributed by atoms with Gasteiger partial charge >= 0.3 is 0 Å². The first kappa shape index (κ1) is 16.5. The fourth-order valence-corrected chi connectivity index (χ4v) is 2.64. The Labute approximate surface area is 132 Å². The van der Waals surface area contributed by atoms with E-state index in [2.05, 4.69) is 17.6 Å². The van der Waals surface area contributed by atoms with Crippen LogP contribution >= 0.6 is 0 Å². The molecule has 0 radical (unpaired) electrons. The Balaban J connectivity index is 1.97. The topological polar surface area (TPSA) is 58.2 Å². The maximum atomic E-state index is 12.4. The zero-order chi connectivity index (χ0) is 16.3. The fraction of sp³-hybridized carbons (Fsp3) is 0.556. The summed E-state index contributed by atoms with van der Waals surface area (Å²) in [4.78, 5) is 24.4. The van der Waals surface area contributed by atoms with Crippen molar-refractivity contribution in [1.82, 2.24) is 5.32 Å². The van der Waals surface area contributed by atoms with Gasteiger partial charge in [-0.2, -0.15) is 0 Å². The van der Waals surface area contributed by atoms with Crippen LogP contribution in [-0.2, 0) is 16.0 Å². The number of hydrogen-bond acceptors (Lipinski definition) is 2. The zero-order valence-electron chi connectivity index (χ0n) is 13.9. The fourth-order valence-electron chi connectivity index (χ4n) is 2.64. The van der Waals surface area contributed by atoms with Crippen LogP contribution in [0.1, 0.15) is 44.7 Å². The van der Waals surface area contributed by atoms with Gasteiger partial charge in [-0.1, -0.05) is 32.0 Å². The van der Waals surface area contributed by atoms with Gasteiger partial charge < -0.3 is 10.6 Å². The number of amides is 2. The molecule has 1 aromatic carbocycles. The molecule has 3 unspecified atom stereocenters. The number of aryl methyl sites for hydroxylation is 2. The van der Waals surface area contributed by atoms with Crippen molar-refractivity contribution in [2.24, 2.45) is 11.8 Å². The predicted molar refractivity (Wildman–Crippen MR) is 88.7 cm³/mol. The molecule has 22 heavy (non-hydrogen) atoms. The predicted octanol–water partition coefficient (Wildman–Crippen LogP) is 3.05. The summed E-state index contributed by atoms with van der Waals surface area (Å²) in [7, 11) is 0. The molecule has 2 rings (SSSR count). The van der Waals surface area contributed by atoms with E-state index in [0.29, 0.717) is 6.42 Å². The van der Waals surface area contributed by atoms with Crippen LogP contribution in [0.15, 0.2) is 18.2 Å². The number of carbonyl (C=O) groups is 2. The van der Waals surface area contributed by atoms with Crippen LogP contribution in [0.3, 0.4) is 0 Å². The second kappa shape index (κ2) is 6.95. The van der Waals surface area contributed by atoms with E-state index >= 15 is 0 Å². The van der Waals surface area contributed by atoms with Gasteiger partial charge in [0.05, 0.1) is 11.8 Å². The van der Waals surface area contributed by atoms with Crippen LogP contribution in [0.5, 0.6) is 0 Å². The van der Waals surface area contributed by atoms with Crippen LogP contribution in [-0.4, -0.2) is 17.9 Å². The summed E-state index contributed by atoms with van der Waals surface area (Å²) in [6.07, 6.45) is 2.43. The summed E-state index contributed by atoms with van der Waals surface area (Å²) in [5.74, 6) is -0.375. The lowest BCUT2D eigenvalue weighted by Gasteiger charge is -2.13. The first-order valence-corrected chi connectivity index (χ1v) is 8.17. The lowest BCUT2D eigenvalue weighted by atomic mass is 10.1. The Morgan fingerprint density at radius 3 is 2.55 bits per heavy atom. The molecule has 1 saturated carbocycles. The van der Waals surface area contributed by atoms with E-state index in [0.717, 1.165) is 29.7 Å². The van der Waals surface area contributed by atoms with Gasteiger partial charge in [0.25, 0.3) is 0 Å². The molecular formula is C18H26N2O2. The maximum Gasteiger partial charge on any atom is 0.228 e. The molecule has 120 valence electrons. The second-order valence-electron chi connectivity index (χ2n) is 6.22. The molecule has 2 N–H and O–H groups in total. The van der Waals surface area contributed by atoms with E-state index in [9.17, 15) is 9.59 Å². The van der Waals surface area contributed by atoms with Gasteiger partial charge in [0.1, 0.15) is 0 Å². The number of anilines is 1. The van der Waals surface area contributed by atoms with Crippen molar-refractivity contribution >= 4 is 17.5 Å². The highest BCUT2D eigenvalue weighted by atomic mass is 16.2. The van der Waals surface area contributed by atoms with E-state index < -0.39 is 0 Å². The highest BCUT2D eigenvalue weighted by molar-refractivity contribution is 6.00. The summed E-state index contributed by atoms with van der Waals surface area (Å²) >= 11 is 0. The Bertz CT molecular complexity index is 568. The van der Waals surface area contributed by atoms with Gasteiger partial charge in [-0.15, -0.1) is 0 Å². The van der Waals surface area contributed by atoms with Gasteiger partial charge in [0.15, 0.2) is 0 Å². The van der Waals surface area contributed by atoms with Crippen molar-refractivity contribution in [2.45, 2.75) is 53.0 Å². The molecule has 0 heterocycles. The van der Waals surface area contributed by atoms with Crippen LogP contribution in [0, 0.1) is 18.8 Å². The molecule has 0 bridgehead atoms. The second-order valence-corrected chi connectivity index (χ2v) is 6.22. The first-order chi connectivity index (χ1) is 10.5. The van der Waals surface area contributed by atoms with Gasteiger partial charge in [0.2, 0.25) is 11.8 Å². The summed E-state index contributed by atoms with van der Waals surface area (Å²) in [5.41, 5.74) is 3.10. The first-order valence-electron chi connectivity index (χ1n) is 8.17. The minimum atomic E-state index is -0.187. The highest BCUT2D eigenvalue weighted by Crippen LogP contribution is 2.40. The highest BCUT2D eigenvalue weighted by Gasteiger charge is 2.48. The minimum absolute atomic E-state index is 0.00926. The number of hydrogen-bond donors (Lipinski definition) is 2. The minimum Gasteiger partial charge on any atom is -0.353 e. The Hall–Kier alpha value is -1.84. The van der Waals surface area contributed by atoms with E-state index in [1.165, 1.54) is 0 Å². The lowest BCUT2D eigenvalue weighted by Crippen LogP contribution is -2.34. The van der Waals surface area contributed by atoms with Crippen molar-refractivity contribution in [2.75, 3.05) is 5.32 Å². The number of nitrogens with one attached hydrogen (secondary N) is 2. The number of carbonyl (C=O) groups excluding carboxylic acids is 2. The number of rotatable bonds is 6. The number of para-hydroxylation sites is 1. The summed E-state index contributed by atoms with van der Waals surface area (Å²) in [6, 6.07) is 6.20. The standard InChI is InChI=1S/C18H26N2O2/c1-5-12(4)19-17(21)14-10-15(14)18(22)20-16-11(3)8-7-9-13(16)6-2/h7-9,12,14-15H,5-6,10H2,1-4H3,(H,19,21)(H,20,22). The largest absolute Gasteiger partial charge is 0.353 e. The molecule has 0 spiro atoms. The third kappa shape index (κ3) is 3.67. The van der Waals surface area contributed by atoms with Crippen molar-refractivity contribution in [3.05, 3.63) is 29.3 Å². The van der Waals surface area contributed by atoms with Crippen LogP contribution in [0.25, 0.3) is 0 Å². The van der Waals surface area contributed by atoms with E-state index in [-0.39, 0.29) is 29.7 Å². The Morgan fingerprint density at radius 2 is 1.91 bits per heavy atom. The van der Waals surface area contributed by atoms with Crippen LogP contribution in [0.2, 0.25) is 0 Å². The van der Waals surface area contributed by atoms with E-state index in [1.54, 1.807) is 0 Å². The number of benzene rings is 1. The van der Waals surface area contributed by atoms with Crippen LogP contribution < -0.4 is 10.6 Å². The third-order valence-corrected chi connectivity index (χ3v) is 4.45. The van der Waals surface area contributed by atoms with E-state index in [1.807, 2.05) is 39.0 Å². The average Bonchev–Trinajstić information content (AvgIpc) is 3.29. The molecule has 0 saturated heterocycles. The molecule has 1 aromatic rings. The molecule has 0 aliphatic heterocycles. The summed E-state index contributed by atoms with van der Waals surface area (Å²) < 4.78 is 0. The monoisotopic (exact) mass is 302 g/mol. The third-order valence-electron chi connectivity index (χ3n) is 4.45. The molecular weight excluding hydrogens is 276 g/mol. The smallest absolute Gasteiger partial charge is 0.228 e. The summed E-state index contributed by atoms with van der Waals surface area (Å²) in [5, 5.41) is 5.98. The summed E-state index contributed by atoms with van der Waals surface area (Å²) in [6.45, 7) is 8.08. The lowest BCUT2D eigenvalue weighted by molar-refractivity contribution is -0.125. The van der Waals surface area contributed by atoms with Crippen molar-refractivity contribution in [1.29, 1.82) is 0 Å². The molecule has 3 atom stereocenters. The SMILES string of the molecule is CCc1cccc(C)c1NC(=O)C1CC1C(=O)NC(C)CC. The average molecular weight is 302 g/mol. The molecule has 2 amide bonds. The molecule has 1 aliphatic rings. The van der Waals surface area contributed by atoms with Crippen molar-refractivity contribution < 1.29 is 9.59 Å². The molecule has 4 heteroatoms. The van der Waals surface area contributed by atoms with Gasteiger partial charge in [-0.25, -0.2) is 0 Å². The molecule has 4 nitrogen and oxygen atoms in total. The van der Waals surface area contributed by atoms with E-state index in [4.69, 9.17) is 0 Å². The Morgan fingerprint density at radius 1 is 1.23 bits per heavy atom. The maximum absolute atomic E-state index is 12.4. The van der Waals surface area contributed by atoms with Crippen LogP contribution in [0.4, 0.5) is 5.69 Å². The van der Waals surface area contributed by atoms with Gasteiger partial charge in [-0.3, -0.25) is 9.59 Å². The molecule has 1 fully saturated rings. The zero-order valence-corrected chi connectivity index (χ0v) is 13.9. The van der Waals surface area contributed by atoms with Crippen molar-refractivity contribution in [3.8, 4) is 0 Å². The van der Waals surface area contributed by atoms with Gasteiger partial charge in [-0.05, 0) is 44.2 Å². The van der Waals surface area contributed by atoms with Crippen molar-refractivity contribution in [3.63, 3.8) is 0 Å². The quantitative estimate of drug-likeness (QED) is 0.848.